The molecule has 1 saturated heterocycles. The molecule has 1 fully saturated rings. The normalized spacial score (nSPS) is 14.8. The molecule has 0 aliphatic carbocycles. The van der Waals surface area contributed by atoms with Crippen LogP contribution in [-0.2, 0) is 24.8 Å². The number of benzene rings is 3. The monoisotopic (exact) mass is 561 g/mol. The maximum absolute atomic E-state index is 13.6. The first kappa shape index (κ1) is 27.6. The van der Waals surface area contributed by atoms with E-state index in [9.17, 15) is 26.0 Å². The number of amides is 1. The molecule has 1 aliphatic heterocycles. The first-order chi connectivity index (χ1) is 18.0. The Balaban J connectivity index is 1.52. The third-order valence-corrected chi connectivity index (χ3v) is 9.99. The molecule has 0 spiro atoms. The van der Waals surface area contributed by atoms with Gasteiger partial charge in [0.25, 0.3) is 10.0 Å². The summed E-state index contributed by atoms with van der Waals surface area (Å²) in [7, 11) is -6.46. The second-order valence-electron chi connectivity index (χ2n) is 8.76. The van der Waals surface area contributed by atoms with Crippen LogP contribution in [0.5, 0.6) is 5.75 Å². The number of anilines is 1. The van der Waals surface area contributed by atoms with Crippen molar-refractivity contribution in [2.75, 3.05) is 44.1 Å². The highest BCUT2D eigenvalue weighted by molar-refractivity contribution is 7.92. The summed E-state index contributed by atoms with van der Waals surface area (Å²) in [5.41, 5.74) is 1.06. The van der Waals surface area contributed by atoms with Crippen molar-refractivity contribution in [1.82, 2.24) is 9.21 Å². The van der Waals surface area contributed by atoms with E-state index in [4.69, 9.17) is 4.74 Å². The summed E-state index contributed by atoms with van der Waals surface area (Å²) in [5.74, 6) is -0.585. The Bertz CT molecular complexity index is 1490. The summed E-state index contributed by atoms with van der Waals surface area (Å²) in [5, 5.41) is 0. The lowest BCUT2D eigenvalue weighted by Crippen LogP contribution is -2.53. The van der Waals surface area contributed by atoms with Gasteiger partial charge in [-0.2, -0.15) is 4.31 Å². The molecular weight excluding hydrogens is 533 g/mol. The van der Waals surface area contributed by atoms with Crippen molar-refractivity contribution in [3.63, 3.8) is 0 Å². The predicted octanol–water partition coefficient (Wildman–Crippen LogP) is 2.87. The Morgan fingerprint density at radius 3 is 1.95 bits per heavy atom. The average Bonchev–Trinajstić information content (AvgIpc) is 2.92. The van der Waals surface area contributed by atoms with Gasteiger partial charge in [0.1, 0.15) is 18.1 Å². The molecule has 0 atom stereocenters. The Morgan fingerprint density at radius 1 is 0.842 bits per heavy atom. The Kier molecular flexibility index (Phi) is 8.05. The fourth-order valence-corrected chi connectivity index (χ4v) is 6.89. The molecular formula is C26H28FN3O6S2. The van der Waals surface area contributed by atoms with E-state index in [0.29, 0.717) is 5.75 Å². The molecule has 3 aromatic rings. The highest BCUT2D eigenvalue weighted by atomic mass is 32.2. The molecule has 1 aliphatic rings. The van der Waals surface area contributed by atoms with E-state index in [-0.39, 0.29) is 41.7 Å². The number of piperazine rings is 1. The van der Waals surface area contributed by atoms with Crippen LogP contribution in [0.25, 0.3) is 0 Å². The number of halogens is 1. The van der Waals surface area contributed by atoms with Crippen molar-refractivity contribution in [1.29, 1.82) is 0 Å². The predicted molar refractivity (Wildman–Crippen MR) is 140 cm³/mol. The van der Waals surface area contributed by atoms with Gasteiger partial charge in [0.15, 0.2) is 0 Å². The van der Waals surface area contributed by atoms with Crippen LogP contribution in [0.1, 0.15) is 5.56 Å². The van der Waals surface area contributed by atoms with Crippen molar-refractivity contribution < 1.29 is 30.8 Å². The van der Waals surface area contributed by atoms with Crippen LogP contribution in [0, 0.1) is 12.7 Å². The molecule has 3 aromatic carbocycles. The third kappa shape index (κ3) is 5.82. The Morgan fingerprint density at radius 2 is 1.39 bits per heavy atom. The number of ether oxygens (including phenoxy) is 1. The third-order valence-electron chi connectivity index (χ3n) is 6.29. The smallest absolute Gasteiger partial charge is 0.264 e. The van der Waals surface area contributed by atoms with Crippen LogP contribution in [-0.4, -0.2) is 71.8 Å². The van der Waals surface area contributed by atoms with Crippen molar-refractivity contribution in [3.05, 3.63) is 84.2 Å². The number of hydrogen-bond donors (Lipinski definition) is 0. The van der Waals surface area contributed by atoms with E-state index in [0.717, 1.165) is 22.0 Å². The molecule has 1 heterocycles. The standard InChI is InChI=1S/C26H28FN3O6S2/c1-20-3-11-24(12-4-20)37(32,33)29-17-15-28(16-18-29)26(31)19-30(22-7-5-21(27)6-8-22)38(34,35)25-13-9-23(36-2)10-14-25/h3-14H,15-19H2,1-2H3. The highest BCUT2D eigenvalue weighted by Crippen LogP contribution is 2.26. The number of carbonyl (C=O) groups is 1. The summed E-state index contributed by atoms with van der Waals surface area (Å²) in [6.45, 7) is 1.68. The van der Waals surface area contributed by atoms with Crippen LogP contribution in [0.2, 0.25) is 0 Å². The fraction of sp³-hybridized carbons (Fsp3) is 0.269. The zero-order valence-corrected chi connectivity index (χ0v) is 22.6. The fourth-order valence-electron chi connectivity index (χ4n) is 4.06. The zero-order valence-electron chi connectivity index (χ0n) is 20.9. The highest BCUT2D eigenvalue weighted by Gasteiger charge is 2.33. The number of aryl methyl sites for hydroxylation is 1. The van der Waals surface area contributed by atoms with Crippen molar-refractivity contribution in [3.8, 4) is 5.75 Å². The first-order valence-corrected chi connectivity index (χ1v) is 14.7. The summed E-state index contributed by atoms with van der Waals surface area (Å²) < 4.78 is 74.0. The second kappa shape index (κ2) is 11.1. The molecule has 1 amide bonds. The van der Waals surface area contributed by atoms with Crippen molar-refractivity contribution in [2.45, 2.75) is 16.7 Å². The van der Waals surface area contributed by atoms with Crippen molar-refractivity contribution in [2.24, 2.45) is 0 Å². The Labute approximate surface area is 222 Å². The minimum absolute atomic E-state index is 0.0653. The van der Waals surface area contributed by atoms with Gasteiger partial charge in [-0.3, -0.25) is 9.10 Å². The summed E-state index contributed by atoms with van der Waals surface area (Å²) >= 11 is 0. The van der Waals surface area contributed by atoms with E-state index < -0.39 is 38.3 Å². The van der Waals surface area contributed by atoms with Gasteiger partial charge in [-0.15, -0.1) is 0 Å². The topological polar surface area (TPSA) is 104 Å². The maximum atomic E-state index is 13.6. The number of carbonyl (C=O) groups excluding carboxylic acids is 1. The first-order valence-electron chi connectivity index (χ1n) is 11.8. The zero-order chi connectivity index (χ0) is 27.5. The second-order valence-corrected chi connectivity index (χ2v) is 12.6. The molecule has 38 heavy (non-hydrogen) atoms. The number of hydrogen-bond acceptors (Lipinski definition) is 6. The lowest BCUT2D eigenvalue weighted by Gasteiger charge is -2.35. The van der Waals surface area contributed by atoms with E-state index in [1.54, 1.807) is 24.3 Å². The summed E-state index contributed by atoms with van der Waals surface area (Å²) in [6.07, 6.45) is 0. The van der Waals surface area contributed by atoms with Gasteiger partial charge in [0, 0.05) is 26.2 Å². The molecule has 4 rings (SSSR count). The Hall–Kier alpha value is -3.48. The number of nitrogens with zero attached hydrogens (tertiary/aromatic N) is 3. The van der Waals surface area contributed by atoms with E-state index in [1.165, 1.54) is 52.7 Å². The van der Waals surface area contributed by atoms with Gasteiger partial charge < -0.3 is 9.64 Å². The van der Waals surface area contributed by atoms with E-state index >= 15 is 0 Å². The van der Waals surface area contributed by atoms with Gasteiger partial charge in [-0.05, 0) is 67.6 Å². The molecule has 9 nitrogen and oxygen atoms in total. The lowest BCUT2D eigenvalue weighted by molar-refractivity contribution is -0.130. The van der Waals surface area contributed by atoms with Gasteiger partial charge >= 0.3 is 0 Å². The van der Waals surface area contributed by atoms with E-state index in [2.05, 4.69) is 0 Å². The number of methoxy groups -OCH3 is 1. The molecule has 0 aromatic heterocycles. The van der Waals surface area contributed by atoms with E-state index in [1.807, 2.05) is 6.92 Å². The number of rotatable bonds is 8. The summed E-state index contributed by atoms with van der Waals surface area (Å²) in [6, 6.07) is 17.1. The lowest BCUT2D eigenvalue weighted by atomic mass is 10.2. The molecule has 0 radical (unpaired) electrons. The molecule has 202 valence electrons. The minimum Gasteiger partial charge on any atom is -0.497 e. The average molecular weight is 562 g/mol. The van der Waals surface area contributed by atoms with Crippen LogP contribution in [0.4, 0.5) is 10.1 Å². The van der Waals surface area contributed by atoms with Gasteiger partial charge in [0.2, 0.25) is 15.9 Å². The van der Waals surface area contributed by atoms with Crippen LogP contribution in [0.3, 0.4) is 0 Å². The van der Waals surface area contributed by atoms with Crippen LogP contribution < -0.4 is 9.04 Å². The number of sulfonamides is 2. The van der Waals surface area contributed by atoms with Crippen molar-refractivity contribution >= 4 is 31.6 Å². The molecule has 0 unspecified atom stereocenters. The molecule has 0 N–H and O–H groups in total. The molecule has 12 heteroatoms. The quantitative estimate of drug-likeness (QED) is 0.419. The van der Waals surface area contributed by atoms with Crippen LogP contribution >= 0.6 is 0 Å². The molecule has 0 bridgehead atoms. The van der Waals surface area contributed by atoms with Gasteiger partial charge in [0.05, 0.1) is 22.6 Å². The SMILES string of the molecule is COc1ccc(S(=O)(=O)N(CC(=O)N2CCN(S(=O)(=O)c3ccc(C)cc3)CC2)c2ccc(F)cc2)cc1. The maximum Gasteiger partial charge on any atom is 0.264 e. The molecule has 0 saturated carbocycles. The van der Waals surface area contributed by atoms with Crippen LogP contribution in [0.15, 0.2) is 82.6 Å². The summed E-state index contributed by atoms with van der Waals surface area (Å²) in [4.78, 5) is 14.8. The van der Waals surface area contributed by atoms with Gasteiger partial charge in [-0.1, -0.05) is 17.7 Å². The largest absolute Gasteiger partial charge is 0.497 e. The van der Waals surface area contributed by atoms with Gasteiger partial charge in [-0.25, -0.2) is 21.2 Å². The minimum atomic E-state index is -4.20.